The molecule has 0 bridgehead atoms. The first kappa shape index (κ1) is 11.1. The zero-order chi connectivity index (χ0) is 10.8. The Labute approximate surface area is 84.4 Å². The second kappa shape index (κ2) is 4.02. The average Bonchev–Trinajstić information content (AvgIpc) is 2.48. The molecular formula is C8H14N2O3S. The van der Waals surface area contributed by atoms with Gasteiger partial charge in [0.05, 0.1) is 5.41 Å². The lowest BCUT2D eigenvalue weighted by Crippen LogP contribution is -2.39. The third kappa shape index (κ3) is 2.27. The monoisotopic (exact) mass is 218 g/mol. The van der Waals surface area contributed by atoms with Gasteiger partial charge < -0.3 is 9.80 Å². The molecule has 0 aliphatic carbocycles. The van der Waals surface area contributed by atoms with E-state index in [0.717, 1.165) is 5.41 Å². The molecule has 0 aromatic carbocycles. The molecule has 1 atom stereocenters. The van der Waals surface area contributed by atoms with Gasteiger partial charge in [0.25, 0.3) is 10.1 Å². The average molecular weight is 218 g/mol. The fourth-order valence-corrected chi connectivity index (χ4v) is 1.68. The third-order valence-corrected chi connectivity index (χ3v) is 2.76. The second-order valence-corrected chi connectivity index (χ2v) is 4.39. The molecule has 0 amide bonds. The molecule has 1 rings (SSSR count). The topological polar surface area (TPSA) is 49.9 Å². The van der Waals surface area contributed by atoms with Crippen molar-refractivity contribution in [3.8, 4) is 0 Å². The minimum atomic E-state index is -3.64. The summed E-state index contributed by atoms with van der Waals surface area (Å²) < 4.78 is 27.2. The molecule has 0 spiro atoms. The fraction of sp³-hybridized carbons (Fsp3) is 0.500. The maximum Gasteiger partial charge on any atom is 0.292 e. The smallest absolute Gasteiger partial charge is 0.292 e. The highest BCUT2D eigenvalue weighted by molar-refractivity contribution is 7.89. The van der Waals surface area contributed by atoms with E-state index in [1.165, 1.54) is 0 Å². The SMILES string of the molecule is C=CS(=O)(=O)OC1N(C)C=CN1CC. The van der Waals surface area contributed by atoms with Gasteiger partial charge in [-0.3, -0.25) is 0 Å². The van der Waals surface area contributed by atoms with Gasteiger partial charge in [0.15, 0.2) is 0 Å². The van der Waals surface area contributed by atoms with Gasteiger partial charge >= 0.3 is 0 Å². The molecule has 6 heteroatoms. The van der Waals surface area contributed by atoms with Crippen molar-refractivity contribution in [2.45, 2.75) is 13.3 Å². The van der Waals surface area contributed by atoms with Gasteiger partial charge in [0.2, 0.25) is 6.35 Å². The van der Waals surface area contributed by atoms with E-state index in [9.17, 15) is 8.42 Å². The van der Waals surface area contributed by atoms with Gasteiger partial charge in [-0.25, -0.2) is 4.18 Å². The van der Waals surface area contributed by atoms with Crippen molar-refractivity contribution < 1.29 is 12.6 Å². The molecule has 0 N–H and O–H groups in total. The van der Waals surface area contributed by atoms with Crippen molar-refractivity contribution in [2.75, 3.05) is 13.6 Å². The maximum absolute atomic E-state index is 11.1. The van der Waals surface area contributed by atoms with Crippen LogP contribution in [0.3, 0.4) is 0 Å². The Morgan fingerprint density at radius 2 is 2.21 bits per heavy atom. The fourth-order valence-electron chi connectivity index (χ4n) is 1.12. The molecule has 5 nitrogen and oxygen atoms in total. The van der Waals surface area contributed by atoms with E-state index in [-0.39, 0.29) is 0 Å². The van der Waals surface area contributed by atoms with E-state index in [1.807, 2.05) is 6.92 Å². The molecule has 0 radical (unpaired) electrons. The molecule has 0 fully saturated rings. The van der Waals surface area contributed by atoms with Crippen molar-refractivity contribution in [1.29, 1.82) is 0 Å². The summed E-state index contributed by atoms with van der Waals surface area (Å²) >= 11 is 0. The zero-order valence-corrected chi connectivity index (χ0v) is 9.07. The van der Waals surface area contributed by atoms with Gasteiger partial charge in [0, 0.05) is 26.0 Å². The number of rotatable bonds is 4. The highest BCUT2D eigenvalue weighted by atomic mass is 32.2. The summed E-state index contributed by atoms with van der Waals surface area (Å²) in [6.45, 7) is 5.78. The van der Waals surface area contributed by atoms with Crippen LogP contribution >= 0.6 is 0 Å². The molecule has 1 aliphatic rings. The molecule has 14 heavy (non-hydrogen) atoms. The lowest BCUT2D eigenvalue weighted by atomic mass is 10.6. The van der Waals surface area contributed by atoms with Crippen LogP contribution in [0.15, 0.2) is 24.4 Å². The number of nitrogens with zero attached hydrogens (tertiary/aromatic N) is 2. The van der Waals surface area contributed by atoms with Crippen LogP contribution < -0.4 is 0 Å². The van der Waals surface area contributed by atoms with Crippen LogP contribution in [0.2, 0.25) is 0 Å². The first-order valence-corrected chi connectivity index (χ1v) is 5.69. The quantitative estimate of drug-likeness (QED) is 0.643. The van der Waals surface area contributed by atoms with E-state index in [0.29, 0.717) is 6.54 Å². The largest absolute Gasteiger partial charge is 0.336 e. The molecule has 0 saturated carbocycles. The summed E-state index contributed by atoms with van der Waals surface area (Å²) in [6, 6.07) is 0. The van der Waals surface area contributed by atoms with Gasteiger partial charge in [-0.15, -0.1) is 0 Å². The van der Waals surface area contributed by atoms with Gasteiger partial charge in [-0.05, 0) is 6.92 Å². The van der Waals surface area contributed by atoms with E-state index in [1.54, 1.807) is 29.2 Å². The Hall–Kier alpha value is -1.01. The summed E-state index contributed by atoms with van der Waals surface area (Å²) in [5.74, 6) is 0. The Bertz CT molecular complexity index is 336. The van der Waals surface area contributed by atoms with E-state index >= 15 is 0 Å². The highest BCUT2D eigenvalue weighted by Crippen LogP contribution is 2.16. The lowest BCUT2D eigenvalue weighted by molar-refractivity contribution is -0.00438. The van der Waals surface area contributed by atoms with Crippen LogP contribution in [0.4, 0.5) is 0 Å². The first-order valence-electron chi connectivity index (χ1n) is 4.22. The first-order chi connectivity index (χ1) is 6.50. The normalized spacial score (nSPS) is 21.7. The molecule has 80 valence electrons. The van der Waals surface area contributed by atoms with E-state index in [2.05, 4.69) is 6.58 Å². The van der Waals surface area contributed by atoms with E-state index in [4.69, 9.17) is 4.18 Å². The summed E-state index contributed by atoms with van der Waals surface area (Å²) in [6.07, 6.45) is 2.94. The third-order valence-electron chi connectivity index (χ3n) is 1.91. The summed E-state index contributed by atoms with van der Waals surface area (Å²) in [5, 5.41) is 0.799. The zero-order valence-electron chi connectivity index (χ0n) is 8.25. The molecule has 0 aromatic rings. The minimum Gasteiger partial charge on any atom is -0.336 e. The second-order valence-electron chi connectivity index (χ2n) is 2.88. The van der Waals surface area contributed by atoms with Crippen molar-refractivity contribution in [3.63, 3.8) is 0 Å². The predicted molar refractivity (Wildman–Crippen MR) is 53.3 cm³/mol. The van der Waals surface area contributed by atoms with Crippen LogP contribution in [0.1, 0.15) is 6.92 Å². The summed E-state index contributed by atoms with van der Waals surface area (Å²) in [7, 11) is -1.89. The summed E-state index contributed by atoms with van der Waals surface area (Å²) in [4.78, 5) is 3.44. The van der Waals surface area contributed by atoms with Crippen LogP contribution in [0.5, 0.6) is 0 Å². The maximum atomic E-state index is 11.1. The molecule has 0 saturated heterocycles. The van der Waals surface area contributed by atoms with Crippen LogP contribution in [0.25, 0.3) is 0 Å². The van der Waals surface area contributed by atoms with Crippen LogP contribution in [0, 0.1) is 0 Å². The van der Waals surface area contributed by atoms with Gasteiger partial charge in [0.1, 0.15) is 0 Å². The number of hydrogen-bond acceptors (Lipinski definition) is 5. The Balaban J connectivity index is 2.73. The minimum absolute atomic E-state index is 0.594. The van der Waals surface area contributed by atoms with Crippen LogP contribution in [-0.2, 0) is 14.3 Å². The molecule has 1 unspecified atom stereocenters. The standard InChI is InChI=1S/C8H14N2O3S/c1-4-10-7-6-9(3)8(10)13-14(11,12)5-2/h5-8H,2,4H2,1,3H3. The Kier molecular flexibility index (Phi) is 3.17. The molecule has 1 aliphatic heterocycles. The summed E-state index contributed by atoms with van der Waals surface area (Å²) in [5.41, 5.74) is 0. The van der Waals surface area contributed by atoms with Crippen molar-refractivity contribution in [2.24, 2.45) is 0 Å². The Morgan fingerprint density at radius 1 is 1.57 bits per heavy atom. The molecular weight excluding hydrogens is 204 g/mol. The van der Waals surface area contributed by atoms with Crippen LogP contribution in [-0.4, -0.2) is 38.2 Å². The van der Waals surface area contributed by atoms with Crippen molar-refractivity contribution >= 4 is 10.1 Å². The predicted octanol–water partition coefficient (Wildman–Crippen LogP) is 0.498. The van der Waals surface area contributed by atoms with Gasteiger partial charge in [-0.1, -0.05) is 6.58 Å². The lowest BCUT2D eigenvalue weighted by Gasteiger charge is -2.27. The van der Waals surface area contributed by atoms with E-state index < -0.39 is 16.5 Å². The van der Waals surface area contributed by atoms with Gasteiger partial charge in [-0.2, -0.15) is 8.42 Å². The highest BCUT2D eigenvalue weighted by Gasteiger charge is 2.27. The Morgan fingerprint density at radius 3 is 2.71 bits per heavy atom. The van der Waals surface area contributed by atoms with Crippen molar-refractivity contribution in [1.82, 2.24) is 9.80 Å². The number of hydrogen-bond donors (Lipinski definition) is 0. The van der Waals surface area contributed by atoms with Crippen molar-refractivity contribution in [3.05, 3.63) is 24.4 Å². The molecule has 0 aromatic heterocycles. The molecule has 1 heterocycles.